The van der Waals surface area contributed by atoms with Gasteiger partial charge in [0, 0.05) is 4.47 Å². The van der Waals surface area contributed by atoms with Gasteiger partial charge >= 0.3 is 16.3 Å². The Morgan fingerprint density at radius 1 is 1.42 bits per heavy atom. The Bertz CT molecular complexity index is 573. The van der Waals surface area contributed by atoms with Gasteiger partial charge in [0.1, 0.15) is 5.75 Å². The third-order valence-corrected chi connectivity index (χ3v) is 3.18. The number of phenols is 1. The minimum Gasteiger partial charge on any atom is -0.506 e. The highest BCUT2D eigenvalue weighted by molar-refractivity contribution is 9.10. The number of halogens is 1. The number of anilines is 1. The average Bonchev–Trinajstić information content (AvgIpc) is 2.20. The Balaban J connectivity index is 2.80. The molecule has 0 aliphatic rings. The third-order valence-electron chi connectivity index (χ3n) is 1.76. The van der Waals surface area contributed by atoms with Gasteiger partial charge in [0.05, 0.1) is 11.8 Å². The third kappa shape index (κ3) is 5.35. The van der Waals surface area contributed by atoms with Crippen molar-refractivity contribution in [3.8, 4) is 5.75 Å². The first-order chi connectivity index (χ1) is 8.69. The highest BCUT2D eigenvalue weighted by Gasteiger charge is 2.17. The number of hydrogen-bond acceptors (Lipinski definition) is 5. The van der Waals surface area contributed by atoms with E-state index in [1.165, 1.54) is 18.2 Å². The molecule has 0 saturated carbocycles. The van der Waals surface area contributed by atoms with Gasteiger partial charge in [0.25, 0.3) is 0 Å². The van der Waals surface area contributed by atoms with Crippen LogP contribution in [0.15, 0.2) is 22.7 Å². The first-order valence-corrected chi connectivity index (χ1v) is 7.47. The van der Waals surface area contributed by atoms with Gasteiger partial charge in [0.2, 0.25) is 0 Å². The number of carbonyl (C=O) groups is 1. The molecule has 1 aromatic rings. The summed E-state index contributed by atoms with van der Waals surface area (Å²) >= 11 is 3.13. The van der Waals surface area contributed by atoms with Crippen molar-refractivity contribution >= 4 is 37.9 Å². The van der Waals surface area contributed by atoms with E-state index in [1.54, 1.807) is 18.6 Å². The molecule has 0 aliphatic heterocycles. The lowest BCUT2D eigenvalue weighted by Crippen LogP contribution is -2.36. The Morgan fingerprint density at radius 3 is 2.63 bits per heavy atom. The quantitative estimate of drug-likeness (QED) is 0.718. The second-order valence-electron chi connectivity index (χ2n) is 3.82. The maximum atomic E-state index is 11.6. The number of aromatic hydroxyl groups is 1. The molecular weight excluding hydrogens is 340 g/mol. The van der Waals surface area contributed by atoms with Gasteiger partial charge in [-0.3, -0.25) is 4.72 Å². The Hall–Kier alpha value is -1.48. The molecule has 0 aromatic heterocycles. The smallest absolute Gasteiger partial charge is 0.422 e. The SMILES string of the molecule is CC(C)OC(=O)NS(=O)(=O)Nc1cc(Br)ccc1O. The van der Waals surface area contributed by atoms with Crippen LogP contribution in [0, 0.1) is 0 Å². The molecule has 106 valence electrons. The zero-order valence-corrected chi connectivity index (χ0v) is 12.6. The Labute approximate surface area is 119 Å². The van der Waals surface area contributed by atoms with Gasteiger partial charge in [-0.05, 0) is 32.0 Å². The molecule has 1 rings (SSSR count). The summed E-state index contributed by atoms with van der Waals surface area (Å²) in [6, 6.07) is 4.18. The van der Waals surface area contributed by atoms with Crippen LogP contribution < -0.4 is 9.44 Å². The fourth-order valence-electron chi connectivity index (χ4n) is 1.11. The number of carbonyl (C=O) groups excluding carboxylic acids is 1. The molecule has 0 unspecified atom stereocenters. The van der Waals surface area contributed by atoms with Gasteiger partial charge in [-0.25, -0.2) is 9.52 Å². The van der Waals surface area contributed by atoms with Crippen LogP contribution >= 0.6 is 15.9 Å². The van der Waals surface area contributed by atoms with Gasteiger partial charge in [0.15, 0.2) is 0 Å². The van der Waals surface area contributed by atoms with E-state index in [0.717, 1.165) is 0 Å². The van der Waals surface area contributed by atoms with Crippen LogP contribution in [-0.2, 0) is 14.9 Å². The van der Waals surface area contributed by atoms with Crippen LogP contribution in [0.1, 0.15) is 13.8 Å². The maximum Gasteiger partial charge on any atom is 0.422 e. The van der Waals surface area contributed by atoms with Crippen LogP contribution in [-0.4, -0.2) is 25.7 Å². The van der Waals surface area contributed by atoms with E-state index in [9.17, 15) is 18.3 Å². The van der Waals surface area contributed by atoms with E-state index in [0.29, 0.717) is 4.47 Å². The molecule has 1 aromatic carbocycles. The number of hydrogen-bond donors (Lipinski definition) is 3. The highest BCUT2D eigenvalue weighted by atomic mass is 79.9. The van der Waals surface area contributed by atoms with Crippen molar-refractivity contribution in [1.82, 2.24) is 4.72 Å². The number of nitrogens with one attached hydrogen (secondary N) is 2. The summed E-state index contributed by atoms with van der Waals surface area (Å²) in [5.74, 6) is -0.272. The predicted octanol–water partition coefficient (Wildman–Crippen LogP) is 1.95. The Morgan fingerprint density at radius 2 is 2.05 bits per heavy atom. The minimum atomic E-state index is -4.17. The van der Waals surface area contributed by atoms with E-state index in [1.807, 2.05) is 4.72 Å². The molecule has 0 spiro atoms. The van der Waals surface area contributed by atoms with E-state index in [4.69, 9.17) is 0 Å². The summed E-state index contributed by atoms with van der Waals surface area (Å²) in [6.07, 6.45) is -1.55. The first kappa shape index (κ1) is 15.6. The number of ether oxygens (including phenoxy) is 1. The summed E-state index contributed by atoms with van der Waals surface area (Å²) < 4.78 is 32.1. The highest BCUT2D eigenvalue weighted by Crippen LogP contribution is 2.27. The second-order valence-corrected chi connectivity index (χ2v) is 6.15. The molecule has 0 heterocycles. The average molecular weight is 353 g/mol. The fourth-order valence-corrected chi connectivity index (χ4v) is 2.24. The molecule has 3 N–H and O–H groups in total. The van der Waals surface area contributed by atoms with Gasteiger partial charge in [-0.15, -0.1) is 0 Å². The molecule has 1 amide bonds. The van der Waals surface area contributed by atoms with E-state index < -0.39 is 22.4 Å². The lowest BCUT2D eigenvalue weighted by molar-refractivity contribution is 0.121. The summed E-state index contributed by atoms with van der Waals surface area (Å²) in [5.41, 5.74) is -0.0702. The van der Waals surface area contributed by atoms with Crippen molar-refractivity contribution in [2.45, 2.75) is 20.0 Å². The van der Waals surface area contributed by atoms with E-state index in [2.05, 4.69) is 20.7 Å². The van der Waals surface area contributed by atoms with E-state index >= 15 is 0 Å². The summed E-state index contributed by atoms with van der Waals surface area (Å²) in [4.78, 5) is 11.2. The standard InChI is InChI=1S/C10H13BrN2O5S/c1-6(2)18-10(15)13-19(16,17)12-8-5-7(11)3-4-9(8)14/h3-6,12,14H,1-2H3,(H,13,15). The normalized spacial score (nSPS) is 11.2. The molecule has 0 aliphatic carbocycles. The maximum absolute atomic E-state index is 11.6. The molecule has 0 saturated heterocycles. The van der Waals surface area contributed by atoms with Crippen molar-refractivity contribution in [3.05, 3.63) is 22.7 Å². The van der Waals surface area contributed by atoms with Crippen LogP contribution in [0.5, 0.6) is 5.75 Å². The largest absolute Gasteiger partial charge is 0.506 e. The lowest BCUT2D eigenvalue weighted by atomic mass is 10.3. The van der Waals surface area contributed by atoms with Crippen molar-refractivity contribution < 1.29 is 23.1 Å². The topological polar surface area (TPSA) is 105 Å². The zero-order chi connectivity index (χ0) is 14.6. The molecule has 0 bridgehead atoms. The van der Waals surface area contributed by atoms with Crippen molar-refractivity contribution in [1.29, 1.82) is 0 Å². The monoisotopic (exact) mass is 352 g/mol. The number of phenolic OH excluding ortho intramolecular Hbond substituents is 1. The summed E-state index contributed by atoms with van der Waals surface area (Å²) in [7, 11) is -4.17. The van der Waals surface area contributed by atoms with Gasteiger partial charge in [-0.2, -0.15) is 8.42 Å². The molecule has 0 fully saturated rings. The predicted molar refractivity (Wildman–Crippen MR) is 73.1 cm³/mol. The van der Waals surface area contributed by atoms with Crippen LogP contribution in [0.2, 0.25) is 0 Å². The van der Waals surface area contributed by atoms with E-state index in [-0.39, 0.29) is 11.4 Å². The first-order valence-electron chi connectivity index (χ1n) is 5.19. The lowest BCUT2D eigenvalue weighted by Gasteiger charge is -2.12. The molecule has 0 radical (unpaired) electrons. The summed E-state index contributed by atoms with van der Waals surface area (Å²) in [5, 5.41) is 9.49. The molecule has 9 heteroatoms. The molecular formula is C10H13BrN2O5S. The van der Waals surface area contributed by atoms with Crippen LogP contribution in [0.25, 0.3) is 0 Å². The molecule has 19 heavy (non-hydrogen) atoms. The number of benzene rings is 1. The number of rotatable bonds is 4. The van der Waals surface area contributed by atoms with Crippen molar-refractivity contribution in [2.75, 3.05) is 4.72 Å². The second kappa shape index (κ2) is 6.11. The van der Waals surface area contributed by atoms with Gasteiger partial charge < -0.3 is 9.84 Å². The zero-order valence-electron chi connectivity index (χ0n) is 10.2. The van der Waals surface area contributed by atoms with Crippen molar-refractivity contribution in [2.24, 2.45) is 0 Å². The van der Waals surface area contributed by atoms with Crippen molar-refractivity contribution in [3.63, 3.8) is 0 Å². The minimum absolute atomic E-state index is 0.0702. The fraction of sp³-hybridized carbons (Fsp3) is 0.300. The molecule has 7 nitrogen and oxygen atoms in total. The van der Waals surface area contributed by atoms with Crippen LogP contribution in [0.4, 0.5) is 10.5 Å². The Kier molecular flexibility index (Phi) is 5.01. The summed E-state index contributed by atoms with van der Waals surface area (Å²) in [6.45, 7) is 3.17. The molecule has 0 atom stereocenters. The number of amides is 1. The van der Waals surface area contributed by atoms with Gasteiger partial charge in [-0.1, -0.05) is 15.9 Å². The van der Waals surface area contributed by atoms with Crippen LogP contribution in [0.3, 0.4) is 0 Å².